The highest BCUT2D eigenvalue weighted by Crippen LogP contribution is 2.37. The molecule has 0 amide bonds. The van der Waals surface area contributed by atoms with Crippen LogP contribution >= 0.6 is 39.9 Å². The van der Waals surface area contributed by atoms with Crippen molar-refractivity contribution in [2.45, 2.75) is 46.4 Å². The number of hydrogen-bond donors (Lipinski definition) is 1. The lowest BCUT2D eigenvalue weighted by atomic mass is 10.1. The van der Waals surface area contributed by atoms with Crippen LogP contribution in [0.15, 0.2) is 40.9 Å². The predicted octanol–water partition coefficient (Wildman–Crippen LogP) is 6.39. The molecule has 0 aliphatic heterocycles. The highest BCUT2D eigenvalue weighted by Gasteiger charge is 2.13. The van der Waals surface area contributed by atoms with Crippen molar-refractivity contribution in [2.24, 2.45) is 0 Å². The Labute approximate surface area is 176 Å². The second-order valence-electron chi connectivity index (χ2n) is 5.94. The second kappa shape index (κ2) is 11.7. The van der Waals surface area contributed by atoms with Crippen molar-refractivity contribution in [1.82, 2.24) is 5.32 Å². The van der Waals surface area contributed by atoms with E-state index >= 15 is 0 Å². The van der Waals surface area contributed by atoms with Crippen LogP contribution in [0.3, 0.4) is 0 Å². The molecular formula is C20H26BrCl2NO2. The lowest BCUT2D eigenvalue weighted by Gasteiger charge is -2.17. The maximum absolute atomic E-state index is 6.01. The fourth-order valence-corrected chi connectivity index (χ4v) is 3.03. The highest BCUT2D eigenvalue weighted by atomic mass is 79.9. The molecule has 0 bridgehead atoms. The summed E-state index contributed by atoms with van der Waals surface area (Å²) in [4.78, 5) is 0. The summed E-state index contributed by atoms with van der Waals surface area (Å²) >= 11 is 9.55. The van der Waals surface area contributed by atoms with E-state index in [1.165, 1.54) is 0 Å². The Morgan fingerprint density at radius 3 is 2.38 bits per heavy atom. The van der Waals surface area contributed by atoms with Crippen molar-refractivity contribution in [3.63, 3.8) is 0 Å². The van der Waals surface area contributed by atoms with E-state index in [9.17, 15) is 0 Å². The van der Waals surface area contributed by atoms with Crippen LogP contribution in [0, 0.1) is 0 Å². The maximum atomic E-state index is 6.01. The average Bonchev–Trinajstić information content (AvgIpc) is 2.60. The summed E-state index contributed by atoms with van der Waals surface area (Å²) in [6.07, 6.45) is 1.10. The van der Waals surface area contributed by atoms with Crippen LogP contribution in [0.25, 0.3) is 0 Å². The molecule has 6 heteroatoms. The van der Waals surface area contributed by atoms with Crippen molar-refractivity contribution < 1.29 is 9.47 Å². The van der Waals surface area contributed by atoms with E-state index in [0.717, 1.165) is 45.1 Å². The van der Waals surface area contributed by atoms with Crippen LogP contribution in [0.4, 0.5) is 0 Å². The van der Waals surface area contributed by atoms with E-state index in [4.69, 9.17) is 21.1 Å². The molecular weight excluding hydrogens is 437 g/mol. The van der Waals surface area contributed by atoms with Crippen LogP contribution < -0.4 is 14.8 Å². The zero-order valence-electron chi connectivity index (χ0n) is 15.4. The molecule has 0 saturated heterocycles. The minimum absolute atomic E-state index is 0. The molecule has 0 aliphatic carbocycles. The SMILES string of the molecule is CCOc1cc(CNC(C)CC)cc(Br)c1OCc1ccc(Cl)cc1.Cl. The van der Waals surface area contributed by atoms with Crippen molar-refractivity contribution in [3.8, 4) is 11.5 Å². The van der Waals surface area contributed by atoms with Gasteiger partial charge in [-0.2, -0.15) is 0 Å². The third kappa shape index (κ3) is 6.99. The van der Waals surface area contributed by atoms with Gasteiger partial charge in [0.05, 0.1) is 11.1 Å². The normalized spacial score (nSPS) is 11.6. The van der Waals surface area contributed by atoms with Gasteiger partial charge >= 0.3 is 0 Å². The fraction of sp³-hybridized carbons (Fsp3) is 0.400. The average molecular weight is 463 g/mol. The number of benzene rings is 2. The Morgan fingerprint density at radius 1 is 1.08 bits per heavy atom. The molecule has 0 spiro atoms. The van der Waals surface area contributed by atoms with Crippen molar-refractivity contribution in [3.05, 3.63) is 57.0 Å². The van der Waals surface area contributed by atoms with E-state index < -0.39 is 0 Å². The molecule has 3 nitrogen and oxygen atoms in total. The predicted molar refractivity (Wildman–Crippen MR) is 115 cm³/mol. The standard InChI is InChI=1S/C20H25BrClNO2.ClH/c1-4-14(3)23-12-16-10-18(21)20(19(11-16)24-5-2)25-13-15-6-8-17(22)9-7-15;/h6-11,14,23H,4-5,12-13H2,1-3H3;1H. The van der Waals surface area contributed by atoms with Gasteiger partial charge in [0.2, 0.25) is 0 Å². The van der Waals surface area contributed by atoms with Gasteiger partial charge in [-0.25, -0.2) is 0 Å². The molecule has 0 aliphatic rings. The number of halogens is 3. The van der Waals surface area contributed by atoms with Crippen molar-refractivity contribution in [1.29, 1.82) is 0 Å². The van der Waals surface area contributed by atoms with E-state index in [-0.39, 0.29) is 12.4 Å². The van der Waals surface area contributed by atoms with Gasteiger partial charge in [-0.3, -0.25) is 0 Å². The first-order valence-electron chi connectivity index (χ1n) is 8.59. The first-order chi connectivity index (χ1) is 12.0. The summed E-state index contributed by atoms with van der Waals surface area (Å²) in [5.74, 6) is 1.48. The van der Waals surface area contributed by atoms with Crippen LogP contribution in [0.1, 0.15) is 38.3 Å². The van der Waals surface area contributed by atoms with E-state index in [1.807, 2.05) is 37.3 Å². The van der Waals surface area contributed by atoms with Gasteiger partial charge in [0, 0.05) is 17.6 Å². The molecule has 2 aromatic rings. The maximum Gasteiger partial charge on any atom is 0.175 e. The molecule has 1 unspecified atom stereocenters. The molecule has 0 saturated carbocycles. The topological polar surface area (TPSA) is 30.5 Å². The van der Waals surface area contributed by atoms with Crippen LogP contribution in [0.2, 0.25) is 5.02 Å². The second-order valence-corrected chi connectivity index (χ2v) is 7.23. The molecule has 1 N–H and O–H groups in total. The van der Waals surface area contributed by atoms with Crippen LogP contribution in [-0.4, -0.2) is 12.6 Å². The number of nitrogens with one attached hydrogen (secondary N) is 1. The molecule has 2 rings (SSSR count). The zero-order valence-corrected chi connectivity index (χ0v) is 18.5. The van der Waals surface area contributed by atoms with Gasteiger partial charge in [-0.1, -0.05) is 30.7 Å². The van der Waals surface area contributed by atoms with Gasteiger partial charge < -0.3 is 14.8 Å². The summed E-state index contributed by atoms with van der Waals surface area (Å²) < 4.78 is 12.7. The first-order valence-corrected chi connectivity index (χ1v) is 9.76. The number of rotatable bonds is 9. The summed E-state index contributed by atoms with van der Waals surface area (Å²) in [7, 11) is 0. The van der Waals surface area contributed by atoms with Gasteiger partial charge in [0.15, 0.2) is 11.5 Å². The lowest BCUT2D eigenvalue weighted by Crippen LogP contribution is -2.24. The van der Waals surface area contributed by atoms with Crippen molar-refractivity contribution in [2.75, 3.05) is 6.61 Å². The smallest absolute Gasteiger partial charge is 0.175 e. The van der Waals surface area contributed by atoms with E-state index in [1.54, 1.807) is 0 Å². The molecule has 1 atom stereocenters. The highest BCUT2D eigenvalue weighted by molar-refractivity contribution is 9.10. The summed E-state index contributed by atoms with van der Waals surface area (Å²) in [5.41, 5.74) is 2.22. The zero-order chi connectivity index (χ0) is 18.2. The molecule has 144 valence electrons. The van der Waals surface area contributed by atoms with E-state index in [2.05, 4.69) is 41.2 Å². The third-order valence-electron chi connectivity index (χ3n) is 3.93. The summed E-state index contributed by atoms with van der Waals surface area (Å²) in [6, 6.07) is 12.2. The molecule has 2 aromatic carbocycles. The summed E-state index contributed by atoms with van der Waals surface area (Å²) in [5, 5.41) is 4.22. The molecule has 0 fully saturated rings. The monoisotopic (exact) mass is 461 g/mol. The quantitative estimate of drug-likeness (QED) is 0.468. The Bertz CT molecular complexity index is 680. The Morgan fingerprint density at radius 2 is 1.77 bits per heavy atom. The third-order valence-corrected chi connectivity index (χ3v) is 4.77. The minimum atomic E-state index is 0. The molecule has 26 heavy (non-hydrogen) atoms. The van der Waals surface area contributed by atoms with Gasteiger partial charge in [-0.15, -0.1) is 12.4 Å². The van der Waals surface area contributed by atoms with E-state index in [0.29, 0.717) is 19.3 Å². The molecule has 0 radical (unpaired) electrons. The van der Waals surface area contributed by atoms with Gasteiger partial charge in [-0.05, 0) is 71.6 Å². The Hall–Kier alpha value is -0.940. The molecule has 0 aromatic heterocycles. The fourth-order valence-electron chi connectivity index (χ4n) is 2.30. The lowest BCUT2D eigenvalue weighted by molar-refractivity contribution is 0.267. The Balaban J connectivity index is 0.00000338. The van der Waals surface area contributed by atoms with Crippen molar-refractivity contribution >= 4 is 39.9 Å². The summed E-state index contributed by atoms with van der Waals surface area (Å²) in [6.45, 7) is 8.17. The van der Waals surface area contributed by atoms with Gasteiger partial charge in [0.1, 0.15) is 6.61 Å². The number of ether oxygens (including phenoxy) is 2. The largest absolute Gasteiger partial charge is 0.490 e. The first kappa shape index (κ1) is 23.1. The minimum Gasteiger partial charge on any atom is -0.490 e. The number of hydrogen-bond acceptors (Lipinski definition) is 3. The van der Waals surface area contributed by atoms with Crippen LogP contribution in [-0.2, 0) is 13.2 Å². The molecule has 0 heterocycles. The Kier molecular flexibility index (Phi) is 10.4. The van der Waals surface area contributed by atoms with Crippen LogP contribution in [0.5, 0.6) is 11.5 Å². The van der Waals surface area contributed by atoms with Gasteiger partial charge in [0.25, 0.3) is 0 Å².